The van der Waals surface area contributed by atoms with Gasteiger partial charge in [-0.2, -0.15) is 18.3 Å². The number of hydrogen-bond acceptors (Lipinski definition) is 4. The second kappa shape index (κ2) is 5.51. The van der Waals surface area contributed by atoms with Crippen LogP contribution >= 0.6 is 11.6 Å². The lowest BCUT2D eigenvalue weighted by atomic mass is 10.0. The van der Waals surface area contributed by atoms with Crippen molar-refractivity contribution >= 4 is 11.6 Å². The van der Waals surface area contributed by atoms with E-state index in [0.717, 1.165) is 0 Å². The molecule has 0 spiro atoms. The number of nitrogens with zero attached hydrogens (tertiary/aromatic N) is 4. The average molecular weight is 335 g/mol. The first kappa shape index (κ1) is 16.7. The lowest BCUT2D eigenvalue weighted by Gasteiger charge is -2.25. The minimum atomic E-state index is -4.61. The van der Waals surface area contributed by atoms with Crippen LogP contribution in [0, 0.1) is 0 Å². The Kier molecular flexibility index (Phi) is 4.18. The van der Waals surface area contributed by atoms with Gasteiger partial charge in [-0.3, -0.25) is 4.68 Å². The molecular formula is C13H14ClF3N4O. The van der Waals surface area contributed by atoms with Crippen LogP contribution in [0.2, 0.25) is 5.28 Å². The van der Waals surface area contributed by atoms with E-state index in [9.17, 15) is 18.3 Å². The smallest absolute Gasteiger partial charge is 0.388 e. The molecule has 5 nitrogen and oxygen atoms in total. The van der Waals surface area contributed by atoms with Gasteiger partial charge < -0.3 is 5.11 Å². The summed E-state index contributed by atoms with van der Waals surface area (Å²) >= 11 is 5.60. The lowest BCUT2D eigenvalue weighted by Crippen LogP contribution is -2.31. The third-order valence-electron chi connectivity index (χ3n) is 3.36. The Hall–Kier alpha value is -1.67. The zero-order valence-electron chi connectivity index (χ0n) is 12.1. The van der Waals surface area contributed by atoms with Crippen LogP contribution < -0.4 is 0 Å². The second-order valence-electron chi connectivity index (χ2n) is 5.44. The largest absolute Gasteiger partial charge is 0.419 e. The molecule has 0 saturated heterocycles. The molecule has 2 aromatic heterocycles. The molecule has 0 unspecified atom stereocenters. The minimum absolute atomic E-state index is 0.146. The van der Waals surface area contributed by atoms with Crippen molar-refractivity contribution in [1.29, 1.82) is 0 Å². The monoisotopic (exact) mass is 334 g/mol. The highest BCUT2D eigenvalue weighted by Gasteiger charge is 2.36. The van der Waals surface area contributed by atoms with Gasteiger partial charge in [-0.05, 0) is 32.4 Å². The zero-order valence-corrected chi connectivity index (χ0v) is 12.8. The molecule has 0 bridgehead atoms. The Morgan fingerprint density at radius 2 is 1.91 bits per heavy atom. The first-order valence-electron chi connectivity index (χ1n) is 6.37. The molecule has 0 aliphatic rings. The molecule has 22 heavy (non-hydrogen) atoms. The minimum Gasteiger partial charge on any atom is -0.388 e. The molecule has 0 saturated carbocycles. The fourth-order valence-electron chi connectivity index (χ4n) is 1.78. The van der Waals surface area contributed by atoms with Crippen molar-refractivity contribution in [2.24, 2.45) is 0 Å². The summed E-state index contributed by atoms with van der Waals surface area (Å²) in [5.41, 5.74) is -2.28. The standard InChI is InChI=1S/C13H14ClF3N4O/c1-7(12(2,3)22)21-6-8(4-19-21)10-9(13(15,16)17)5-18-11(14)20-10/h4-7,22H,1-3H3/t7-/m0/s1. The number of alkyl halides is 3. The summed E-state index contributed by atoms with van der Waals surface area (Å²) in [4.78, 5) is 7.04. The van der Waals surface area contributed by atoms with Crippen molar-refractivity contribution in [3.8, 4) is 11.3 Å². The van der Waals surface area contributed by atoms with E-state index in [1.807, 2.05) is 0 Å². The van der Waals surface area contributed by atoms with Gasteiger partial charge in [-0.15, -0.1) is 0 Å². The third kappa shape index (κ3) is 3.38. The number of hydrogen-bond donors (Lipinski definition) is 1. The van der Waals surface area contributed by atoms with Crippen LogP contribution in [0.4, 0.5) is 13.2 Å². The van der Waals surface area contributed by atoms with Crippen LogP contribution in [0.3, 0.4) is 0 Å². The predicted molar refractivity (Wildman–Crippen MR) is 74.3 cm³/mol. The molecule has 1 atom stereocenters. The Balaban J connectivity index is 2.50. The van der Waals surface area contributed by atoms with Crippen LogP contribution in [-0.4, -0.2) is 30.5 Å². The Morgan fingerprint density at radius 3 is 2.45 bits per heavy atom. The SMILES string of the molecule is C[C@H](n1cc(-c2nc(Cl)ncc2C(F)(F)F)cn1)C(C)(C)O. The maximum atomic E-state index is 13.0. The summed E-state index contributed by atoms with van der Waals surface area (Å²) < 4.78 is 40.5. The van der Waals surface area contributed by atoms with Gasteiger partial charge in [0.05, 0.1) is 23.5 Å². The van der Waals surface area contributed by atoms with Gasteiger partial charge in [0.25, 0.3) is 0 Å². The van der Waals surface area contributed by atoms with Crippen LogP contribution in [-0.2, 0) is 6.18 Å². The van der Waals surface area contributed by atoms with E-state index < -0.39 is 23.4 Å². The number of aliphatic hydroxyl groups is 1. The van der Waals surface area contributed by atoms with Crippen molar-refractivity contribution in [3.63, 3.8) is 0 Å². The summed E-state index contributed by atoms with van der Waals surface area (Å²) in [7, 11) is 0. The Labute approximate surface area is 129 Å². The summed E-state index contributed by atoms with van der Waals surface area (Å²) in [6.07, 6.45) is -1.34. The molecular weight excluding hydrogens is 321 g/mol. The van der Waals surface area contributed by atoms with E-state index in [1.54, 1.807) is 20.8 Å². The van der Waals surface area contributed by atoms with E-state index in [0.29, 0.717) is 6.20 Å². The van der Waals surface area contributed by atoms with Crippen molar-refractivity contribution in [2.75, 3.05) is 0 Å². The quantitative estimate of drug-likeness (QED) is 0.874. The second-order valence-corrected chi connectivity index (χ2v) is 5.78. The van der Waals surface area contributed by atoms with Crippen molar-refractivity contribution in [1.82, 2.24) is 19.7 Å². The van der Waals surface area contributed by atoms with Crippen LogP contribution in [0.15, 0.2) is 18.6 Å². The number of halogens is 4. The van der Waals surface area contributed by atoms with Crippen LogP contribution in [0.1, 0.15) is 32.4 Å². The Bertz CT molecular complexity index is 679. The number of aromatic nitrogens is 4. The first-order valence-corrected chi connectivity index (χ1v) is 6.74. The van der Waals surface area contributed by atoms with Gasteiger partial charge in [-0.1, -0.05) is 0 Å². The predicted octanol–water partition coefficient (Wildman–Crippen LogP) is 3.34. The topological polar surface area (TPSA) is 63.8 Å². The highest BCUT2D eigenvalue weighted by atomic mass is 35.5. The van der Waals surface area contributed by atoms with E-state index in [-0.39, 0.29) is 16.5 Å². The van der Waals surface area contributed by atoms with E-state index >= 15 is 0 Å². The van der Waals surface area contributed by atoms with E-state index in [2.05, 4.69) is 15.1 Å². The summed E-state index contributed by atoms with van der Waals surface area (Å²) in [6, 6.07) is -0.437. The zero-order chi connectivity index (χ0) is 16.7. The van der Waals surface area contributed by atoms with Gasteiger partial charge in [0, 0.05) is 18.0 Å². The average Bonchev–Trinajstić information content (AvgIpc) is 2.84. The van der Waals surface area contributed by atoms with Gasteiger partial charge in [0.1, 0.15) is 5.56 Å². The molecule has 2 rings (SSSR count). The fourth-order valence-corrected chi connectivity index (χ4v) is 1.92. The van der Waals surface area contributed by atoms with E-state index in [4.69, 9.17) is 11.6 Å². The maximum absolute atomic E-state index is 13.0. The lowest BCUT2D eigenvalue weighted by molar-refractivity contribution is -0.137. The maximum Gasteiger partial charge on any atom is 0.419 e. The van der Waals surface area contributed by atoms with Crippen molar-refractivity contribution in [2.45, 2.75) is 38.6 Å². The number of rotatable bonds is 3. The highest BCUT2D eigenvalue weighted by Crippen LogP contribution is 2.36. The molecule has 2 heterocycles. The molecule has 120 valence electrons. The molecule has 0 aromatic carbocycles. The first-order chi connectivity index (χ1) is 10.00. The van der Waals surface area contributed by atoms with Crippen LogP contribution in [0.25, 0.3) is 11.3 Å². The van der Waals surface area contributed by atoms with Gasteiger partial charge >= 0.3 is 6.18 Å². The van der Waals surface area contributed by atoms with Gasteiger partial charge in [0.2, 0.25) is 5.28 Å². The van der Waals surface area contributed by atoms with E-state index in [1.165, 1.54) is 17.1 Å². The summed E-state index contributed by atoms with van der Waals surface area (Å²) in [6.45, 7) is 4.87. The van der Waals surface area contributed by atoms with Crippen LogP contribution in [0.5, 0.6) is 0 Å². The van der Waals surface area contributed by atoms with Crippen molar-refractivity contribution in [3.05, 3.63) is 29.4 Å². The normalized spacial score (nSPS) is 14.2. The summed E-state index contributed by atoms with van der Waals surface area (Å²) in [5.74, 6) is 0. The molecule has 0 aliphatic heterocycles. The molecule has 0 radical (unpaired) electrons. The molecule has 2 aromatic rings. The Morgan fingerprint density at radius 1 is 1.27 bits per heavy atom. The molecule has 1 N–H and O–H groups in total. The molecule has 0 aliphatic carbocycles. The fraction of sp³-hybridized carbons (Fsp3) is 0.462. The van der Waals surface area contributed by atoms with Gasteiger partial charge in [0.15, 0.2) is 0 Å². The molecule has 0 amide bonds. The highest BCUT2D eigenvalue weighted by molar-refractivity contribution is 6.28. The summed E-state index contributed by atoms with van der Waals surface area (Å²) in [5, 5.41) is 13.7. The van der Waals surface area contributed by atoms with Crippen molar-refractivity contribution < 1.29 is 18.3 Å². The molecule has 0 fully saturated rings. The van der Waals surface area contributed by atoms with Gasteiger partial charge in [-0.25, -0.2) is 9.97 Å². The molecule has 9 heteroatoms. The third-order valence-corrected chi connectivity index (χ3v) is 3.54.